The zero-order valence-electron chi connectivity index (χ0n) is 10.7. The van der Waals surface area contributed by atoms with Crippen molar-refractivity contribution in [3.63, 3.8) is 0 Å². The molecule has 1 rings (SSSR count). The highest BCUT2D eigenvalue weighted by Crippen LogP contribution is 2.28. The third-order valence-electron chi connectivity index (χ3n) is 2.29. The minimum Gasteiger partial charge on any atom is -0.382 e. The maximum Gasteiger partial charge on any atom is 0.417 e. The average Bonchev–Trinajstić information content (AvgIpc) is 2.37. The quantitative estimate of drug-likeness (QED) is 0.742. The topological polar surface area (TPSA) is 43.4 Å². The molecule has 0 bridgehead atoms. The lowest BCUT2D eigenvalue weighted by Gasteiger charge is -2.08. The molecule has 0 aliphatic heterocycles. The molecule has 1 aromatic heterocycles. The number of pyridine rings is 1. The molecule has 7 heteroatoms. The molecule has 1 heterocycles. The van der Waals surface area contributed by atoms with Crippen LogP contribution in [0.3, 0.4) is 0 Å². The monoisotopic (exact) mass is 278 g/mol. The van der Waals surface area contributed by atoms with Crippen LogP contribution < -0.4 is 5.32 Å². The summed E-state index contributed by atoms with van der Waals surface area (Å²) < 4.78 is 46.9. The maximum absolute atomic E-state index is 12.3. The Morgan fingerprint density at radius 1 is 1.21 bits per heavy atom. The van der Waals surface area contributed by atoms with E-state index in [1.165, 1.54) is 6.07 Å². The van der Waals surface area contributed by atoms with Gasteiger partial charge in [-0.2, -0.15) is 13.2 Å². The summed E-state index contributed by atoms with van der Waals surface area (Å²) in [5, 5.41) is 2.92. The van der Waals surface area contributed by atoms with Gasteiger partial charge in [0.15, 0.2) is 0 Å². The molecule has 0 aliphatic carbocycles. The zero-order valence-corrected chi connectivity index (χ0v) is 10.7. The summed E-state index contributed by atoms with van der Waals surface area (Å²) in [6.45, 7) is 2.24. The van der Waals surface area contributed by atoms with Crippen molar-refractivity contribution in [1.82, 2.24) is 4.98 Å². The smallest absolute Gasteiger partial charge is 0.382 e. The number of ether oxygens (including phenoxy) is 2. The second-order valence-corrected chi connectivity index (χ2v) is 3.82. The highest BCUT2D eigenvalue weighted by atomic mass is 19.4. The highest BCUT2D eigenvalue weighted by Gasteiger charge is 2.30. The van der Waals surface area contributed by atoms with E-state index < -0.39 is 11.7 Å². The first-order chi connectivity index (χ1) is 9.04. The van der Waals surface area contributed by atoms with E-state index >= 15 is 0 Å². The van der Waals surface area contributed by atoms with Crippen molar-refractivity contribution in [2.75, 3.05) is 38.8 Å². The van der Waals surface area contributed by atoms with Crippen LogP contribution in [0.5, 0.6) is 0 Å². The Kier molecular flexibility index (Phi) is 6.58. The maximum atomic E-state index is 12.3. The van der Waals surface area contributed by atoms with Crippen molar-refractivity contribution >= 4 is 5.82 Å². The first-order valence-electron chi connectivity index (χ1n) is 5.88. The van der Waals surface area contributed by atoms with Crippen molar-refractivity contribution < 1.29 is 22.6 Å². The number of methoxy groups -OCH3 is 1. The van der Waals surface area contributed by atoms with Gasteiger partial charge in [0.25, 0.3) is 0 Å². The van der Waals surface area contributed by atoms with Crippen LogP contribution in [0.2, 0.25) is 0 Å². The number of aromatic nitrogens is 1. The van der Waals surface area contributed by atoms with Crippen molar-refractivity contribution in [1.29, 1.82) is 0 Å². The molecule has 1 N–H and O–H groups in total. The number of rotatable bonds is 8. The summed E-state index contributed by atoms with van der Waals surface area (Å²) in [5.41, 5.74) is -0.749. The van der Waals surface area contributed by atoms with Gasteiger partial charge in [-0.05, 0) is 18.6 Å². The first kappa shape index (κ1) is 15.7. The van der Waals surface area contributed by atoms with E-state index in [2.05, 4.69) is 10.3 Å². The molecule has 0 fully saturated rings. The Labute approximate surface area is 109 Å². The van der Waals surface area contributed by atoms with E-state index in [1.54, 1.807) is 7.11 Å². The molecule has 0 aliphatic rings. The summed E-state index contributed by atoms with van der Waals surface area (Å²) in [7, 11) is 1.60. The van der Waals surface area contributed by atoms with Gasteiger partial charge in [-0.25, -0.2) is 4.98 Å². The van der Waals surface area contributed by atoms with Gasteiger partial charge in [-0.3, -0.25) is 0 Å². The predicted octanol–water partition coefficient (Wildman–Crippen LogP) is 2.57. The number of hydrogen-bond acceptors (Lipinski definition) is 4. The molecular weight excluding hydrogens is 261 g/mol. The van der Waals surface area contributed by atoms with Crippen LogP contribution in [0, 0.1) is 0 Å². The van der Waals surface area contributed by atoms with Gasteiger partial charge < -0.3 is 14.8 Å². The Hall–Kier alpha value is -1.34. The Balaban J connectivity index is 2.20. The summed E-state index contributed by atoms with van der Waals surface area (Å²) >= 11 is 0. The third kappa shape index (κ3) is 6.40. The first-order valence-corrected chi connectivity index (χ1v) is 5.88. The van der Waals surface area contributed by atoms with E-state index in [4.69, 9.17) is 9.47 Å². The van der Waals surface area contributed by atoms with Gasteiger partial charge in [-0.15, -0.1) is 0 Å². The van der Waals surface area contributed by atoms with Crippen molar-refractivity contribution in [3.8, 4) is 0 Å². The second kappa shape index (κ2) is 7.96. The fraction of sp³-hybridized carbons (Fsp3) is 0.583. The summed E-state index contributed by atoms with van der Waals surface area (Å²) in [5.74, 6) is 0.421. The molecule has 1 aromatic rings. The molecule has 0 unspecified atom stereocenters. The molecule has 0 saturated carbocycles. The van der Waals surface area contributed by atoms with Crippen LogP contribution >= 0.6 is 0 Å². The zero-order chi connectivity index (χ0) is 14.1. The van der Waals surface area contributed by atoms with Gasteiger partial charge in [0.2, 0.25) is 0 Å². The lowest BCUT2D eigenvalue weighted by Crippen LogP contribution is -2.10. The normalized spacial score (nSPS) is 11.6. The largest absolute Gasteiger partial charge is 0.417 e. The fourth-order valence-corrected chi connectivity index (χ4v) is 1.30. The number of nitrogens with zero attached hydrogens (tertiary/aromatic N) is 1. The van der Waals surface area contributed by atoms with E-state index in [0.29, 0.717) is 32.2 Å². The van der Waals surface area contributed by atoms with Crippen molar-refractivity contribution in [2.45, 2.75) is 12.6 Å². The van der Waals surface area contributed by atoms with Gasteiger partial charge in [0, 0.05) is 26.5 Å². The fourth-order valence-electron chi connectivity index (χ4n) is 1.30. The van der Waals surface area contributed by atoms with Crippen molar-refractivity contribution in [3.05, 3.63) is 23.9 Å². The molecular formula is C12H17F3N2O2. The minimum absolute atomic E-state index is 0.421. The molecule has 0 radical (unpaired) electrons. The van der Waals surface area contributed by atoms with Gasteiger partial charge in [-0.1, -0.05) is 0 Å². The Bertz CT molecular complexity index is 355. The summed E-state index contributed by atoms with van der Waals surface area (Å²) in [6, 6.07) is 2.32. The van der Waals surface area contributed by atoms with Crippen LogP contribution in [-0.4, -0.2) is 38.5 Å². The SMILES string of the molecule is COCCOCCCNc1ccc(C(F)(F)F)cn1. The molecule has 19 heavy (non-hydrogen) atoms. The molecule has 0 aromatic carbocycles. The Morgan fingerprint density at radius 3 is 2.58 bits per heavy atom. The molecule has 0 spiro atoms. The van der Waals surface area contributed by atoms with Crippen molar-refractivity contribution in [2.24, 2.45) is 0 Å². The van der Waals surface area contributed by atoms with Crippen LogP contribution in [0.4, 0.5) is 19.0 Å². The lowest BCUT2D eigenvalue weighted by atomic mass is 10.3. The van der Waals surface area contributed by atoms with E-state index in [1.807, 2.05) is 0 Å². The number of halogens is 3. The second-order valence-electron chi connectivity index (χ2n) is 3.82. The molecule has 0 atom stereocenters. The summed E-state index contributed by atoms with van der Waals surface area (Å²) in [4.78, 5) is 3.70. The number of alkyl halides is 3. The predicted molar refractivity (Wildman–Crippen MR) is 65.0 cm³/mol. The van der Waals surface area contributed by atoms with Crippen LogP contribution in [0.15, 0.2) is 18.3 Å². The lowest BCUT2D eigenvalue weighted by molar-refractivity contribution is -0.137. The van der Waals surface area contributed by atoms with E-state index in [0.717, 1.165) is 18.7 Å². The number of nitrogens with one attached hydrogen (secondary N) is 1. The van der Waals surface area contributed by atoms with Crippen LogP contribution in [0.25, 0.3) is 0 Å². The minimum atomic E-state index is -4.35. The van der Waals surface area contributed by atoms with Gasteiger partial charge >= 0.3 is 6.18 Å². The number of hydrogen-bond donors (Lipinski definition) is 1. The van der Waals surface area contributed by atoms with Crippen LogP contribution in [0.1, 0.15) is 12.0 Å². The highest BCUT2D eigenvalue weighted by molar-refractivity contribution is 5.35. The molecule has 0 saturated heterocycles. The van der Waals surface area contributed by atoms with Crippen LogP contribution in [-0.2, 0) is 15.7 Å². The third-order valence-corrected chi connectivity index (χ3v) is 2.29. The van der Waals surface area contributed by atoms with E-state index in [9.17, 15) is 13.2 Å². The van der Waals surface area contributed by atoms with Gasteiger partial charge in [0.05, 0.1) is 18.8 Å². The van der Waals surface area contributed by atoms with Gasteiger partial charge in [0.1, 0.15) is 5.82 Å². The number of anilines is 1. The molecule has 108 valence electrons. The Morgan fingerprint density at radius 2 is 2.00 bits per heavy atom. The van der Waals surface area contributed by atoms with E-state index in [-0.39, 0.29) is 0 Å². The average molecular weight is 278 g/mol. The molecule has 4 nitrogen and oxygen atoms in total. The standard InChI is InChI=1S/C12H17F3N2O2/c1-18-7-8-19-6-2-5-16-11-4-3-10(9-17-11)12(13,14)15/h3-4,9H,2,5-8H2,1H3,(H,16,17). The molecule has 0 amide bonds. The summed E-state index contributed by atoms with van der Waals surface area (Å²) in [6.07, 6.45) is -2.79.